The molecule has 2 N–H and O–H groups in total. The second kappa shape index (κ2) is 6.55. The Hall–Kier alpha value is -1.01. The Morgan fingerprint density at radius 3 is 3.06 bits per heavy atom. The second-order valence-corrected chi connectivity index (χ2v) is 4.34. The van der Waals surface area contributed by atoms with Gasteiger partial charge in [-0.2, -0.15) is 11.8 Å². The van der Waals surface area contributed by atoms with E-state index in [2.05, 4.69) is 5.16 Å². The SMILES string of the molecule is CCOC(=O)C(N)CSCc1cc(C)no1. The highest BCUT2D eigenvalue weighted by Gasteiger charge is 2.14. The highest BCUT2D eigenvalue weighted by Crippen LogP contribution is 2.13. The van der Waals surface area contributed by atoms with Gasteiger partial charge in [0.2, 0.25) is 0 Å². The van der Waals surface area contributed by atoms with E-state index >= 15 is 0 Å². The molecule has 16 heavy (non-hydrogen) atoms. The summed E-state index contributed by atoms with van der Waals surface area (Å²) in [6.45, 7) is 3.98. The van der Waals surface area contributed by atoms with Gasteiger partial charge in [0, 0.05) is 11.8 Å². The van der Waals surface area contributed by atoms with Crippen LogP contribution in [0.3, 0.4) is 0 Å². The minimum absolute atomic E-state index is 0.358. The quantitative estimate of drug-likeness (QED) is 0.755. The number of aryl methyl sites for hydroxylation is 1. The van der Waals surface area contributed by atoms with Crippen molar-refractivity contribution >= 4 is 17.7 Å². The molecule has 1 unspecified atom stereocenters. The second-order valence-electron chi connectivity index (χ2n) is 3.31. The smallest absolute Gasteiger partial charge is 0.323 e. The lowest BCUT2D eigenvalue weighted by Gasteiger charge is -2.08. The van der Waals surface area contributed by atoms with Crippen molar-refractivity contribution in [2.24, 2.45) is 5.73 Å². The average molecular weight is 244 g/mol. The number of nitrogens with zero attached hydrogens (tertiary/aromatic N) is 1. The molecule has 0 aliphatic carbocycles. The van der Waals surface area contributed by atoms with Crippen LogP contribution >= 0.6 is 11.8 Å². The molecule has 0 radical (unpaired) electrons. The highest BCUT2D eigenvalue weighted by molar-refractivity contribution is 7.98. The van der Waals surface area contributed by atoms with Gasteiger partial charge in [-0.15, -0.1) is 0 Å². The Kier molecular flexibility index (Phi) is 5.34. The van der Waals surface area contributed by atoms with Crippen LogP contribution in [0.25, 0.3) is 0 Å². The van der Waals surface area contributed by atoms with E-state index in [1.165, 1.54) is 11.8 Å². The van der Waals surface area contributed by atoms with Crippen molar-refractivity contribution in [3.8, 4) is 0 Å². The molecule has 1 aromatic rings. The molecule has 0 bridgehead atoms. The van der Waals surface area contributed by atoms with E-state index in [1.807, 2.05) is 13.0 Å². The maximum atomic E-state index is 11.2. The summed E-state index contributed by atoms with van der Waals surface area (Å²) in [7, 11) is 0. The minimum Gasteiger partial charge on any atom is -0.465 e. The highest BCUT2D eigenvalue weighted by atomic mass is 32.2. The molecule has 1 atom stereocenters. The van der Waals surface area contributed by atoms with E-state index in [4.69, 9.17) is 15.0 Å². The zero-order chi connectivity index (χ0) is 12.0. The van der Waals surface area contributed by atoms with Crippen LogP contribution < -0.4 is 5.73 Å². The summed E-state index contributed by atoms with van der Waals surface area (Å²) in [6, 6.07) is 1.29. The monoisotopic (exact) mass is 244 g/mol. The zero-order valence-corrected chi connectivity index (χ0v) is 10.3. The maximum Gasteiger partial charge on any atom is 0.323 e. The average Bonchev–Trinajstić information content (AvgIpc) is 2.64. The van der Waals surface area contributed by atoms with Crippen LogP contribution in [-0.4, -0.2) is 29.5 Å². The zero-order valence-electron chi connectivity index (χ0n) is 9.43. The van der Waals surface area contributed by atoms with Crippen LogP contribution in [0, 0.1) is 6.92 Å². The molecule has 0 aliphatic rings. The van der Waals surface area contributed by atoms with Gasteiger partial charge in [-0.05, 0) is 13.8 Å². The summed E-state index contributed by atoms with van der Waals surface area (Å²) >= 11 is 1.52. The normalized spacial score (nSPS) is 12.4. The molecular weight excluding hydrogens is 228 g/mol. The van der Waals surface area contributed by atoms with E-state index < -0.39 is 6.04 Å². The molecular formula is C10H16N2O3S. The third-order valence-electron chi connectivity index (χ3n) is 1.81. The van der Waals surface area contributed by atoms with Crippen LogP contribution in [0.2, 0.25) is 0 Å². The summed E-state index contributed by atoms with van der Waals surface area (Å²) in [5, 5.41) is 3.77. The van der Waals surface area contributed by atoms with Crippen molar-refractivity contribution < 1.29 is 14.1 Å². The summed E-state index contributed by atoms with van der Waals surface area (Å²) < 4.78 is 9.82. The van der Waals surface area contributed by atoms with Gasteiger partial charge >= 0.3 is 5.97 Å². The number of aromatic nitrogens is 1. The van der Waals surface area contributed by atoms with E-state index in [-0.39, 0.29) is 5.97 Å². The molecule has 0 aromatic carbocycles. The van der Waals surface area contributed by atoms with Gasteiger partial charge in [0.15, 0.2) is 0 Å². The fourth-order valence-electron chi connectivity index (χ4n) is 1.09. The van der Waals surface area contributed by atoms with Crippen molar-refractivity contribution in [1.82, 2.24) is 5.16 Å². The van der Waals surface area contributed by atoms with Crippen molar-refractivity contribution in [2.45, 2.75) is 25.6 Å². The van der Waals surface area contributed by atoms with Gasteiger partial charge in [-0.1, -0.05) is 5.16 Å². The predicted molar refractivity (Wildman–Crippen MR) is 62.0 cm³/mol. The van der Waals surface area contributed by atoms with Crippen LogP contribution in [-0.2, 0) is 15.3 Å². The fourth-order valence-corrected chi connectivity index (χ4v) is 1.93. The fraction of sp³-hybridized carbons (Fsp3) is 0.600. The van der Waals surface area contributed by atoms with E-state index in [0.717, 1.165) is 11.5 Å². The van der Waals surface area contributed by atoms with Crippen molar-refractivity contribution in [1.29, 1.82) is 0 Å². The Bertz CT molecular complexity index is 341. The Morgan fingerprint density at radius 1 is 1.75 bits per heavy atom. The van der Waals surface area contributed by atoms with E-state index in [1.54, 1.807) is 6.92 Å². The number of carbonyl (C=O) groups is 1. The van der Waals surface area contributed by atoms with Crippen molar-refractivity contribution in [2.75, 3.05) is 12.4 Å². The lowest BCUT2D eigenvalue weighted by Crippen LogP contribution is -2.34. The lowest BCUT2D eigenvalue weighted by molar-refractivity contribution is -0.144. The Morgan fingerprint density at radius 2 is 2.50 bits per heavy atom. The van der Waals surface area contributed by atoms with Gasteiger partial charge in [0.25, 0.3) is 0 Å². The molecule has 0 saturated heterocycles. The minimum atomic E-state index is -0.575. The van der Waals surface area contributed by atoms with E-state index in [0.29, 0.717) is 18.1 Å². The molecule has 0 saturated carbocycles. The van der Waals surface area contributed by atoms with Gasteiger partial charge in [0.1, 0.15) is 11.8 Å². The molecule has 0 aliphatic heterocycles. The lowest BCUT2D eigenvalue weighted by atomic mass is 10.4. The molecule has 6 heteroatoms. The van der Waals surface area contributed by atoms with Crippen LogP contribution in [0.1, 0.15) is 18.4 Å². The number of hydrogen-bond donors (Lipinski definition) is 1. The van der Waals surface area contributed by atoms with Gasteiger partial charge in [-0.25, -0.2) is 0 Å². The number of thioether (sulfide) groups is 1. The summed E-state index contributed by atoms with van der Waals surface area (Å²) in [4.78, 5) is 11.2. The number of nitrogens with two attached hydrogens (primary N) is 1. The number of ether oxygens (including phenoxy) is 1. The molecule has 0 amide bonds. The van der Waals surface area contributed by atoms with Crippen LogP contribution in [0.5, 0.6) is 0 Å². The standard InChI is InChI=1S/C10H16N2O3S/c1-3-14-10(13)9(11)6-16-5-8-4-7(2)12-15-8/h4,9H,3,5-6,11H2,1-2H3. The molecule has 1 heterocycles. The first-order valence-electron chi connectivity index (χ1n) is 5.05. The topological polar surface area (TPSA) is 78.4 Å². The first-order chi connectivity index (χ1) is 7.63. The Labute approximate surface area is 98.7 Å². The number of carbonyl (C=O) groups excluding carboxylic acids is 1. The third kappa shape index (κ3) is 4.24. The summed E-state index contributed by atoms with van der Waals surface area (Å²) in [6.07, 6.45) is 0. The van der Waals surface area contributed by atoms with Gasteiger partial charge < -0.3 is 15.0 Å². The van der Waals surface area contributed by atoms with Crippen molar-refractivity contribution in [3.63, 3.8) is 0 Å². The number of rotatable bonds is 6. The molecule has 1 rings (SSSR count). The maximum absolute atomic E-state index is 11.2. The summed E-state index contributed by atoms with van der Waals surface area (Å²) in [5.41, 5.74) is 6.48. The predicted octanol–water partition coefficient (Wildman–Crippen LogP) is 1.11. The summed E-state index contributed by atoms with van der Waals surface area (Å²) in [5.74, 6) is 1.61. The third-order valence-corrected chi connectivity index (χ3v) is 2.89. The van der Waals surface area contributed by atoms with Crippen LogP contribution in [0.4, 0.5) is 0 Å². The van der Waals surface area contributed by atoms with Gasteiger partial charge in [-0.3, -0.25) is 4.79 Å². The van der Waals surface area contributed by atoms with Crippen molar-refractivity contribution in [3.05, 3.63) is 17.5 Å². The first kappa shape index (κ1) is 13.1. The molecule has 90 valence electrons. The largest absolute Gasteiger partial charge is 0.465 e. The molecule has 0 spiro atoms. The van der Waals surface area contributed by atoms with E-state index in [9.17, 15) is 4.79 Å². The van der Waals surface area contributed by atoms with Gasteiger partial charge in [0.05, 0.1) is 18.1 Å². The molecule has 5 nitrogen and oxygen atoms in total. The number of hydrogen-bond acceptors (Lipinski definition) is 6. The molecule has 0 fully saturated rings. The Balaban J connectivity index is 2.22. The number of esters is 1. The van der Waals surface area contributed by atoms with Crippen LogP contribution in [0.15, 0.2) is 10.6 Å². The first-order valence-corrected chi connectivity index (χ1v) is 6.21. The molecule has 1 aromatic heterocycles.